The fraction of sp³-hybridized carbons (Fsp3) is 0.588. The molecular formula is C17H26N2O3S. The first-order valence-corrected chi connectivity index (χ1v) is 9.59. The molecule has 0 aliphatic carbocycles. The quantitative estimate of drug-likeness (QED) is 0.895. The Kier molecular flexibility index (Phi) is 5.47. The van der Waals surface area contributed by atoms with Gasteiger partial charge in [0.25, 0.3) is 0 Å². The van der Waals surface area contributed by atoms with Gasteiger partial charge in [0.1, 0.15) is 6.04 Å². The van der Waals surface area contributed by atoms with E-state index in [2.05, 4.69) is 4.72 Å². The Hall–Kier alpha value is -1.40. The monoisotopic (exact) mass is 338 g/mol. The summed E-state index contributed by atoms with van der Waals surface area (Å²) in [6.45, 7) is 8.97. The van der Waals surface area contributed by atoms with Crippen LogP contribution in [-0.4, -0.2) is 38.4 Å². The third-order valence-electron chi connectivity index (χ3n) is 4.42. The van der Waals surface area contributed by atoms with Crippen LogP contribution in [0.15, 0.2) is 23.1 Å². The van der Waals surface area contributed by atoms with Crippen LogP contribution in [0.3, 0.4) is 0 Å². The molecule has 0 bridgehead atoms. The smallest absolute Gasteiger partial charge is 0.241 e. The van der Waals surface area contributed by atoms with Crippen LogP contribution in [0, 0.1) is 19.8 Å². The Balaban J connectivity index is 2.24. The number of likely N-dealkylation sites (tertiary alicyclic amines) is 1. The van der Waals surface area contributed by atoms with Gasteiger partial charge in [0.05, 0.1) is 4.90 Å². The molecule has 1 saturated heterocycles. The second-order valence-electron chi connectivity index (χ2n) is 6.62. The van der Waals surface area contributed by atoms with Crippen LogP contribution in [0.25, 0.3) is 0 Å². The lowest BCUT2D eigenvalue weighted by atomic mass is 10.0. The highest BCUT2D eigenvalue weighted by atomic mass is 32.2. The number of benzene rings is 1. The maximum absolute atomic E-state index is 12.6. The number of aryl methyl sites for hydroxylation is 2. The minimum atomic E-state index is -3.72. The minimum absolute atomic E-state index is 0.107. The van der Waals surface area contributed by atoms with Gasteiger partial charge in [0.15, 0.2) is 0 Å². The molecule has 0 aromatic heterocycles. The van der Waals surface area contributed by atoms with Gasteiger partial charge in [-0.05, 0) is 55.9 Å². The van der Waals surface area contributed by atoms with Crippen LogP contribution in [0.5, 0.6) is 0 Å². The second-order valence-corrected chi connectivity index (χ2v) is 8.34. The summed E-state index contributed by atoms with van der Waals surface area (Å²) in [7, 11) is -3.72. The fourth-order valence-electron chi connectivity index (χ4n) is 2.72. The summed E-state index contributed by atoms with van der Waals surface area (Å²) in [6.07, 6.45) is 1.97. The minimum Gasteiger partial charge on any atom is -0.341 e. The van der Waals surface area contributed by atoms with E-state index < -0.39 is 16.1 Å². The van der Waals surface area contributed by atoms with E-state index in [1.165, 1.54) is 0 Å². The molecule has 1 aromatic rings. The van der Waals surface area contributed by atoms with E-state index in [4.69, 9.17) is 0 Å². The molecule has 1 N–H and O–H groups in total. The van der Waals surface area contributed by atoms with Gasteiger partial charge in [-0.2, -0.15) is 4.72 Å². The van der Waals surface area contributed by atoms with Gasteiger partial charge in [-0.1, -0.05) is 19.9 Å². The number of nitrogens with one attached hydrogen (secondary N) is 1. The fourth-order valence-corrected chi connectivity index (χ4v) is 4.14. The zero-order valence-electron chi connectivity index (χ0n) is 14.3. The molecule has 0 unspecified atom stereocenters. The third-order valence-corrected chi connectivity index (χ3v) is 5.86. The molecule has 5 nitrogen and oxygen atoms in total. The summed E-state index contributed by atoms with van der Waals surface area (Å²) < 4.78 is 27.9. The van der Waals surface area contributed by atoms with Gasteiger partial charge in [0.2, 0.25) is 15.9 Å². The molecule has 0 saturated carbocycles. The summed E-state index contributed by atoms with van der Waals surface area (Å²) >= 11 is 0. The predicted molar refractivity (Wildman–Crippen MR) is 90.7 cm³/mol. The highest BCUT2D eigenvalue weighted by Crippen LogP contribution is 2.18. The first-order valence-electron chi connectivity index (χ1n) is 8.11. The van der Waals surface area contributed by atoms with Crippen molar-refractivity contribution in [1.82, 2.24) is 9.62 Å². The van der Waals surface area contributed by atoms with E-state index >= 15 is 0 Å². The Labute approximate surface area is 139 Å². The molecule has 23 heavy (non-hydrogen) atoms. The van der Waals surface area contributed by atoms with E-state index in [1.54, 1.807) is 23.1 Å². The molecule has 1 atom stereocenters. The highest BCUT2D eigenvalue weighted by Gasteiger charge is 2.32. The molecule has 1 heterocycles. The zero-order valence-corrected chi connectivity index (χ0v) is 15.1. The van der Waals surface area contributed by atoms with Crippen LogP contribution < -0.4 is 4.72 Å². The van der Waals surface area contributed by atoms with Crippen molar-refractivity contribution in [2.45, 2.75) is 51.5 Å². The van der Waals surface area contributed by atoms with Crippen molar-refractivity contribution in [3.63, 3.8) is 0 Å². The number of carbonyl (C=O) groups is 1. The Morgan fingerprint density at radius 1 is 1.13 bits per heavy atom. The third kappa shape index (κ3) is 4.12. The summed E-state index contributed by atoms with van der Waals surface area (Å²) in [4.78, 5) is 14.6. The molecule has 0 radical (unpaired) electrons. The molecule has 0 spiro atoms. The number of hydrogen-bond donors (Lipinski definition) is 1. The average molecular weight is 338 g/mol. The van der Waals surface area contributed by atoms with Crippen LogP contribution in [0.2, 0.25) is 0 Å². The topological polar surface area (TPSA) is 66.5 Å². The lowest BCUT2D eigenvalue weighted by molar-refractivity contribution is -0.132. The van der Waals surface area contributed by atoms with Gasteiger partial charge in [-0.25, -0.2) is 8.42 Å². The lowest BCUT2D eigenvalue weighted by Crippen LogP contribution is -2.50. The number of nitrogens with zero attached hydrogens (tertiary/aromatic N) is 1. The summed E-state index contributed by atoms with van der Waals surface area (Å²) in [6, 6.07) is 4.30. The Bertz CT molecular complexity index is 677. The number of sulfonamides is 1. The number of carbonyl (C=O) groups excluding carboxylic acids is 1. The molecule has 1 aliphatic rings. The van der Waals surface area contributed by atoms with Crippen LogP contribution in [0.1, 0.15) is 37.8 Å². The molecule has 1 fully saturated rings. The molecule has 6 heteroatoms. The van der Waals surface area contributed by atoms with E-state index in [1.807, 2.05) is 27.7 Å². The SMILES string of the molecule is Cc1ccc(S(=O)(=O)N[C@H](C(=O)N2CCCC2)C(C)C)cc1C. The van der Waals surface area contributed by atoms with Crippen molar-refractivity contribution in [2.24, 2.45) is 5.92 Å². The van der Waals surface area contributed by atoms with Crippen molar-refractivity contribution in [2.75, 3.05) is 13.1 Å². The van der Waals surface area contributed by atoms with Gasteiger partial charge in [-0.15, -0.1) is 0 Å². The lowest BCUT2D eigenvalue weighted by Gasteiger charge is -2.26. The first-order chi connectivity index (χ1) is 10.7. The van der Waals surface area contributed by atoms with Gasteiger partial charge in [-0.3, -0.25) is 4.79 Å². The van der Waals surface area contributed by atoms with Crippen LogP contribution >= 0.6 is 0 Å². The maximum atomic E-state index is 12.6. The van der Waals surface area contributed by atoms with Crippen LogP contribution in [-0.2, 0) is 14.8 Å². The standard InChI is InChI=1S/C17H26N2O3S/c1-12(2)16(17(20)19-9-5-6-10-19)18-23(21,22)15-8-7-13(3)14(4)11-15/h7-8,11-12,16,18H,5-6,9-10H2,1-4H3/t16-/m0/s1. The number of amides is 1. The molecule has 1 aromatic carbocycles. The second kappa shape index (κ2) is 7.01. The summed E-state index contributed by atoms with van der Waals surface area (Å²) in [5, 5.41) is 0. The average Bonchev–Trinajstić information content (AvgIpc) is 3.01. The predicted octanol–water partition coefficient (Wildman–Crippen LogP) is 2.23. The van der Waals surface area contributed by atoms with E-state index in [0.717, 1.165) is 24.0 Å². The van der Waals surface area contributed by atoms with E-state index in [0.29, 0.717) is 13.1 Å². The normalized spacial score (nSPS) is 16.8. The van der Waals surface area contributed by atoms with Gasteiger partial charge < -0.3 is 4.90 Å². The van der Waals surface area contributed by atoms with Crippen molar-refractivity contribution in [1.29, 1.82) is 0 Å². The summed E-state index contributed by atoms with van der Waals surface area (Å²) in [5.41, 5.74) is 1.96. The van der Waals surface area contributed by atoms with Crippen molar-refractivity contribution in [3.8, 4) is 0 Å². The van der Waals surface area contributed by atoms with Crippen molar-refractivity contribution < 1.29 is 13.2 Å². The summed E-state index contributed by atoms with van der Waals surface area (Å²) in [5.74, 6) is -0.227. The van der Waals surface area contributed by atoms with Gasteiger partial charge >= 0.3 is 0 Å². The van der Waals surface area contributed by atoms with Crippen molar-refractivity contribution in [3.05, 3.63) is 29.3 Å². The first kappa shape index (κ1) is 17.9. The molecule has 128 valence electrons. The maximum Gasteiger partial charge on any atom is 0.241 e. The van der Waals surface area contributed by atoms with E-state index in [-0.39, 0.29) is 16.7 Å². The van der Waals surface area contributed by atoms with Crippen molar-refractivity contribution >= 4 is 15.9 Å². The molecule has 2 rings (SSSR count). The zero-order chi connectivity index (χ0) is 17.2. The Morgan fingerprint density at radius 2 is 1.74 bits per heavy atom. The van der Waals surface area contributed by atoms with E-state index in [9.17, 15) is 13.2 Å². The van der Waals surface area contributed by atoms with Crippen LogP contribution in [0.4, 0.5) is 0 Å². The Morgan fingerprint density at radius 3 is 2.26 bits per heavy atom. The van der Waals surface area contributed by atoms with Gasteiger partial charge in [0, 0.05) is 13.1 Å². The molecule has 1 amide bonds. The highest BCUT2D eigenvalue weighted by molar-refractivity contribution is 7.89. The molecular weight excluding hydrogens is 312 g/mol. The molecule has 1 aliphatic heterocycles. The number of rotatable bonds is 5. The number of hydrogen-bond acceptors (Lipinski definition) is 3. The largest absolute Gasteiger partial charge is 0.341 e.